The smallest absolute Gasteiger partial charge is 0.148 e. The third-order valence-corrected chi connectivity index (χ3v) is 2.83. The van der Waals surface area contributed by atoms with Gasteiger partial charge in [0.1, 0.15) is 17.5 Å². The van der Waals surface area contributed by atoms with Crippen LogP contribution in [0.3, 0.4) is 0 Å². The van der Waals surface area contributed by atoms with Gasteiger partial charge in [-0.05, 0) is 40.9 Å². The minimum atomic E-state index is 0.692. The molecule has 0 aliphatic rings. The summed E-state index contributed by atoms with van der Waals surface area (Å²) in [5.41, 5.74) is 3.60. The van der Waals surface area contributed by atoms with Crippen LogP contribution < -0.4 is 16.2 Å². The molecule has 1 rings (SSSR count). The van der Waals surface area contributed by atoms with E-state index in [9.17, 15) is 0 Å². The number of nitrogens with zero attached hydrogens (tertiary/aromatic N) is 4. The predicted octanol–water partition coefficient (Wildman–Crippen LogP) is 0.767. The number of nitrogens with two attached hydrogens (primary N) is 1. The number of aromatic nitrogens is 2. The van der Waals surface area contributed by atoms with Gasteiger partial charge in [-0.3, -0.25) is 0 Å². The van der Waals surface area contributed by atoms with E-state index in [-0.39, 0.29) is 0 Å². The van der Waals surface area contributed by atoms with Gasteiger partial charge in [0, 0.05) is 19.2 Å². The van der Waals surface area contributed by atoms with E-state index in [1.807, 2.05) is 20.9 Å². The summed E-state index contributed by atoms with van der Waals surface area (Å²) < 4.78 is 0. The quantitative estimate of drug-likeness (QED) is 0.575. The molecule has 6 heteroatoms. The molecule has 0 saturated carbocycles. The summed E-state index contributed by atoms with van der Waals surface area (Å²) in [7, 11) is 6.21. The average Bonchev–Trinajstić information content (AvgIpc) is 2.30. The number of nitrogen functional groups attached to an aromatic ring is 1. The number of nitrogens with one attached hydrogen (secondary N) is 1. The molecule has 0 aliphatic heterocycles. The van der Waals surface area contributed by atoms with Crippen LogP contribution in [0.2, 0.25) is 0 Å². The topological polar surface area (TPSA) is 70.3 Å². The maximum atomic E-state index is 5.46. The number of rotatable bonds is 6. The molecule has 18 heavy (non-hydrogen) atoms. The molecule has 0 aromatic carbocycles. The highest BCUT2D eigenvalue weighted by Crippen LogP contribution is 2.21. The van der Waals surface area contributed by atoms with E-state index in [1.54, 1.807) is 0 Å². The molecule has 0 unspecified atom stereocenters. The van der Waals surface area contributed by atoms with Gasteiger partial charge in [0.2, 0.25) is 0 Å². The Balaban J connectivity index is 2.78. The highest BCUT2D eigenvalue weighted by atomic mass is 15.3. The Hall–Kier alpha value is -1.40. The molecule has 0 fully saturated rings. The van der Waals surface area contributed by atoms with E-state index >= 15 is 0 Å². The second-order valence-corrected chi connectivity index (χ2v) is 4.79. The van der Waals surface area contributed by atoms with Crippen LogP contribution in [0.5, 0.6) is 0 Å². The lowest BCUT2D eigenvalue weighted by molar-refractivity contribution is 0.401. The van der Waals surface area contributed by atoms with Gasteiger partial charge in [-0.25, -0.2) is 15.8 Å². The summed E-state index contributed by atoms with van der Waals surface area (Å²) in [6, 6.07) is 0. The van der Waals surface area contributed by atoms with Crippen molar-refractivity contribution in [1.82, 2.24) is 14.9 Å². The minimum absolute atomic E-state index is 0.692. The molecule has 0 amide bonds. The van der Waals surface area contributed by atoms with Crippen molar-refractivity contribution in [2.24, 2.45) is 5.84 Å². The lowest BCUT2D eigenvalue weighted by atomic mass is 10.2. The highest BCUT2D eigenvalue weighted by Gasteiger charge is 2.12. The Morgan fingerprint density at radius 3 is 2.33 bits per heavy atom. The van der Waals surface area contributed by atoms with Gasteiger partial charge in [0.15, 0.2) is 0 Å². The van der Waals surface area contributed by atoms with E-state index < -0.39 is 0 Å². The zero-order chi connectivity index (χ0) is 13.7. The van der Waals surface area contributed by atoms with Crippen LogP contribution in [0.4, 0.5) is 11.6 Å². The molecular formula is C12H24N6. The van der Waals surface area contributed by atoms with E-state index in [2.05, 4.69) is 39.3 Å². The van der Waals surface area contributed by atoms with Crippen molar-refractivity contribution < 1.29 is 0 Å². The second-order valence-electron chi connectivity index (χ2n) is 4.79. The lowest BCUT2D eigenvalue weighted by Crippen LogP contribution is -2.26. The standard InChI is InChI=1S/C12H24N6/c1-9-11(16-13)14-10(2)15-12(9)18(5)8-6-7-17(3)4/h6-8,13H2,1-5H3,(H,14,15,16). The van der Waals surface area contributed by atoms with Gasteiger partial charge in [0.25, 0.3) is 0 Å². The molecule has 102 valence electrons. The largest absolute Gasteiger partial charge is 0.359 e. The lowest BCUT2D eigenvalue weighted by Gasteiger charge is -2.22. The Morgan fingerprint density at radius 2 is 1.78 bits per heavy atom. The maximum Gasteiger partial charge on any atom is 0.148 e. The van der Waals surface area contributed by atoms with Gasteiger partial charge in [-0.2, -0.15) is 0 Å². The molecule has 0 saturated heterocycles. The molecule has 0 spiro atoms. The summed E-state index contributed by atoms with van der Waals surface area (Å²) in [5, 5.41) is 0. The zero-order valence-electron chi connectivity index (χ0n) is 12.0. The average molecular weight is 252 g/mol. The highest BCUT2D eigenvalue weighted by molar-refractivity contribution is 5.57. The van der Waals surface area contributed by atoms with E-state index in [0.717, 1.165) is 36.7 Å². The summed E-state index contributed by atoms with van der Waals surface area (Å²) in [4.78, 5) is 13.1. The SMILES string of the molecule is Cc1nc(NN)c(C)c(N(C)CCCN(C)C)n1. The van der Waals surface area contributed by atoms with E-state index in [0.29, 0.717) is 5.82 Å². The fourth-order valence-corrected chi connectivity index (χ4v) is 1.86. The number of hydrazine groups is 1. The number of anilines is 2. The van der Waals surface area contributed by atoms with Crippen LogP contribution in [0, 0.1) is 13.8 Å². The summed E-state index contributed by atoms with van der Waals surface area (Å²) in [6.07, 6.45) is 1.09. The third-order valence-electron chi connectivity index (χ3n) is 2.83. The van der Waals surface area contributed by atoms with Crippen molar-refractivity contribution in [3.8, 4) is 0 Å². The van der Waals surface area contributed by atoms with Crippen molar-refractivity contribution in [2.75, 3.05) is 44.6 Å². The summed E-state index contributed by atoms with van der Waals surface area (Å²) >= 11 is 0. The number of hydrogen-bond acceptors (Lipinski definition) is 6. The molecule has 1 heterocycles. The van der Waals surface area contributed by atoms with Gasteiger partial charge in [-0.1, -0.05) is 0 Å². The van der Waals surface area contributed by atoms with Crippen LogP contribution in [-0.4, -0.2) is 49.1 Å². The molecule has 1 aromatic rings. The minimum Gasteiger partial charge on any atom is -0.359 e. The van der Waals surface area contributed by atoms with Crippen LogP contribution >= 0.6 is 0 Å². The molecule has 1 aromatic heterocycles. The van der Waals surface area contributed by atoms with Crippen molar-refractivity contribution in [3.63, 3.8) is 0 Å². The van der Waals surface area contributed by atoms with Gasteiger partial charge < -0.3 is 15.2 Å². The first kappa shape index (κ1) is 14.7. The monoisotopic (exact) mass is 252 g/mol. The fourth-order valence-electron chi connectivity index (χ4n) is 1.86. The maximum absolute atomic E-state index is 5.46. The molecule has 0 atom stereocenters. The first-order valence-electron chi connectivity index (χ1n) is 6.13. The van der Waals surface area contributed by atoms with Crippen molar-refractivity contribution in [3.05, 3.63) is 11.4 Å². The number of aryl methyl sites for hydroxylation is 1. The normalized spacial score (nSPS) is 10.8. The van der Waals surface area contributed by atoms with Gasteiger partial charge in [-0.15, -0.1) is 0 Å². The molecule has 0 radical (unpaired) electrons. The molecular weight excluding hydrogens is 228 g/mol. The van der Waals surface area contributed by atoms with Crippen molar-refractivity contribution in [1.29, 1.82) is 0 Å². The Bertz CT molecular complexity index is 390. The first-order valence-corrected chi connectivity index (χ1v) is 6.13. The summed E-state index contributed by atoms with van der Waals surface area (Å²) in [5.74, 6) is 7.82. The van der Waals surface area contributed by atoms with E-state index in [4.69, 9.17) is 5.84 Å². The predicted molar refractivity (Wildman–Crippen MR) is 75.8 cm³/mol. The fraction of sp³-hybridized carbons (Fsp3) is 0.667. The Morgan fingerprint density at radius 1 is 1.11 bits per heavy atom. The van der Waals surface area contributed by atoms with Crippen molar-refractivity contribution >= 4 is 11.6 Å². The first-order chi connectivity index (χ1) is 8.45. The molecule has 6 nitrogen and oxygen atoms in total. The third kappa shape index (κ3) is 3.82. The van der Waals surface area contributed by atoms with Crippen molar-refractivity contribution in [2.45, 2.75) is 20.3 Å². The van der Waals surface area contributed by atoms with Crippen LogP contribution in [0.1, 0.15) is 17.8 Å². The van der Waals surface area contributed by atoms with Crippen LogP contribution in [0.25, 0.3) is 0 Å². The van der Waals surface area contributed by atoms with Crippen LogP contribution in [-0.2, 0) is 0 Å². The van der Waals surface area contributed by atoms with Gasteiger partial charge >= 0.3 is 0 Å². The van der Waals surface area contributed by atoms with E-state index in [1.165, 1.54) is 0 Å². The zero-order valence-corrected chi connectivity index (χ0v) is 12.0. The Labute approximate surface area is 109 Å². The second kappa shape index (κ2) is 6.51. The van der Waals surface area contributed by atoms with Crippen LogP contribution in [0.15, 0.2) is 0 Å². The number of hydrogen-bond donors (Lipinski definition) is 2. The summed E-state index contributed by atoms with van der Waals surface area (Å²) in [6.45, 7) is 5.87. The van der Waals surface area contributed by atoms with Gasteiger partial charge in [0.05, 0.1) is 0 Å². The molecule has 0 bridgehead atoms. The molecule has 0 aliphatic carbocycles. The Kier molecular flexibility index (Phi) is 5.30. The molecule has 3 N–H and O–H groups in total.